The van der Waals surface area contributed by atoms with E-state index in [0.29, 0.717) is 0 Å². The van der Waals surface area contributed by atoms with E-state index in [1.165, 1.54) is 43.2 Å². The molecule has 2 N–H and O–H groups in total. The lowest BCUT2D eigenvalue weighted by atomic mass is 10.0. The van der Waals surface area contributed by atoms with Gasteiger partial charge < -0.3 is 5.73 Å². The minimum Gasteiger partial charge on any atom is -0.323 e. The maximum atomic E-state index is 6.24. The predicted molar refractivity (Wildman–Crippen MR) is 77.4 cm³/mol. The average molecular weight is 249 g/mol. The first kappa shape index (κ1) is 13.0. The molecule has 1 nitrogen and oxygen atoms in total. The van der Waals surface area contributed by atoms with E-state index in [1.807, 2.05) is 0 Å². The summed E-state index contributed by atoms with van der Waals surface area (Å²) < 4.78 is 0. The summed E-state index contributed by atoms with van der Waals surface area (Å²) in [7, 11) is 0. The molecule has 0 heterocycles. The van der Waals surface area contributed by atoms with Crippen molar-refractivity contribution in [2.45, 2.75) is 50.3 Å². The van der Waals surface area contributed by atoms with Gasteiger partial charge >= 0.3 is 0 Å². The molecule has 1 unspecified atom stereocenters. The molecular weight excluding hydrogens is 226 g/mol. The van der Waals surface area contributed by atoms with Gasteiger partial charge in [0.15, 0.2) is 0 Å². The molecule has 1 aliphatic carbocycles. The highest BCUT2D eigenvalue weighted by Crippen LogP contribution is 2.30. The van der Waals surface area contributed by atoms with E-state index in [2.05, 4.69) is 43.0 Å². The SMILES string of the molecule is Cc1ccc(C(N)CSC2CCCCC2)cc1. The second kappa shape index (κ2) is 6.46. The largest absolute Gasteiger partial charge is 0.323 e. The van der Waals surface area contributed by atoms with Gasteiger partial charge in [-0.25, -0.2) is 0 Å². The Kier molecular flexibility index (Phi) is 4.93. The summed E-state index contributed by atoms with van der Waals surface area (Å²) in [5.41, 5.74) is 8.82. The molecule has 2 rings (SSSR count). The van der Waals surface area contributed by atoms with Crippen molar-refractivity contribution in [3.05, 3.63) is 35.4 Å². The van der Waals surface area contributed by atoms with Gasteiger partial charge in [-0.3, -0.25) is 0 Å². The Labute approximate surface area is 109 Å². The van der Waals surface area contributed by atoms with E-state index in [9.17, 15) is 0 Å². The number of hydrogen-bond acceptors (Lipinski definition) is 2. The van der Waals surface area contributed by atoms with E-state index < -0.39 is 0 Å². The van der Waals surface area contributed by atoms with Crippen LogP contribution in [-0.4, -0.2) is 11.0 Å². The second-order valence-corrected chi connectivity index (χ2v) is 6.44. The van der Waals surface area contributed by atoms with Crippen LogP contribution in [-0.2, 0) is 0 Å². The quantitative estimate of drug-likeness (QED) is 0.871. The highest BCUT2D eigenvalue weighted by atomic mass is 32.2. The van der Waals surface area contributed by atoms with E-state index in [-0.39, 0.29) is 6.04 Å². The van der Waals surface area contributed by atoms with Crippen molar-refractivity contribution >= 4 is 11.8 Å². The van der Waals surface area contributed by atoms with Gasteiger partial charge in [0.05, 0.1) is 0 Å². The van der Waals surface area contributed by atoms with E-state index in [1.54, 1.807) is 0 Å². The number of thioether (sulfide) groups is 1. The molecule has 2 heteroatoms. The summed E-state index contributed by atoms with van der Waals surface area (Å²) in [6.07, 6.45) is 7.05. The normalized spacial score (nSPS) is 19.2. The summed E-state index contributed by atoms with van der Waals surface area (Å²) in [6.45, 7) is 2.12. The van der Waals surface area contributed by atoms with E-state index in [4.69, 9.17) is 5.73 Å². The smallest absolute Gasteiger partial charge is 0.0386 e. The van der Waals surface area contributed by atoms with Crippen LogP contribution in [0.15, 0.2) is 24.3 Å². The summed E-state index contributed by atoms with van der Waals surface area (Å²) in [6, 6.07) is 8.84. The number of rotatable bonds is 4. The topological polar surface area (TPSA) is 26.0 Å². The molecule has 0 amide bonds. The zero-order valence-corrected chi connectivity index (χ0v) is 11.5. The van der Waals surface area contributed by atoms with Crippen LogP contribution in [0.3, 0.4) is 0 Å². The Morgan fingerprint density at radius 1 is 1.18 bits per heavy atom. The van der Waals surface area contributed by atoms with Crippen molar-refractivity contribution < 1.29 is 0 Å². The van der Waals surface area contributed by atoms with Crippen LogP contribution in [0.1, 0.15) is 49.3 Å². The average Bonchev–Trinajstić information content (AvgIpc) is 2.38. The van der Waals surface area contributed by atoms with Crippen LogP contribution >= 0.6 is 11.8 Å². The molecular formula is C15H23NS. The minimum atomic E-state index is 0.197. The first-order chi connectivity index (χ1) is 8.25. The molecule has 0 radical (unpaired) electrons. The number of hydrogen-bond donors (Lipinski definition) is 1. The molecule has 1 atom stereocenters. The van der Waals surface area contributed by atoms with Crippen LogP contribution in [0, 0.1) is 6.92 Å². The molecule has 1 aliphatic rings. The third-order valence-electron chi connectivity index (χ3n) is 3.57. The van der Waals surface area contributed by atoms with Crippen LogP contribution in [0.4, 0.5) is 0 Å². The van der Waals surface area contributed by atoms with Crippen molar-refractivity contribution in [1.82, 2.24) is 0 Å². The van der Waals surface area contributed by atoms with Crippen LogP contribution in [0.2, 0.25) is 0 Å². The van der Waals surface area contributed by atoms with Gasteiger partial charge in [0.25, 0.3) is 0 Å². The first-order valence-corrected chi connectivity index (χ1v) is 7.74. The molecule has 0 aromatic heterocycles. The maximum Gasteiger partial charge on any atom is 0.0386 e. The molecule has 0 spiro atoms. The Balaban J connectivity index is 1.80. The zero-order chi connectivity index (χ0) is 12.1. The molecule has 0 aliphatic heterocycles. The molecule has 17 heavy (non-hydrogen) atoms. The van der Waals surface area contributed by atoms with Gasteiger partial charge in [0, 0.05) is 17.0 Å². The molecule has 1 aromatic rings. The summed E-state index contributed by atoms with van der Waals surface area (Å²) in [5.74, 6) is 1.06. The molecule has 0 saturated heterocycles. The highest BCUT2D eigenvalue weighted by molar-refractivity contribution is 7.99. The number of aryl methyl sites for hydroxylation is 1. The van der Waals surface area contributed by atoms with Crippen molar-refractivity contribution in [1.29, 1.82) is 0 Å². The third kappa shape index (κ3) is 4.04. The highest BCUT2D eigenvalue weighted by Gasteiger charge is 2.15. The van der Waals surface area contributed by atoms with Gasteiger partial charge in [-0.2, -0.15) is 11.8 Å². The molecule has 1 saturated carbocycles. The Morgan fingerprint density at radius 3 is 2.47 bits per heavy atom. The van der Waals surface area contributed by atoms with Gasteiger partial charge in [0.2, 0.25) is 0 Å². The van der Waals surface area contributed by atoms with Crippen LogP contribution in [0.25, 0.3) is 0 Å². The first-order valence-electron chi connectivity index (χ1n) is 6.69. The van der Waals surface area contributed by atoms with Gasteiger partial charge in [-0.05, 0) is 25.3 Å². The fourth-order valence-electron chi connectivity index (χ4n) is 2.38. The fraction of sp³-hybridized carbons (Fsp3) is 0.600. The third-order valence-corrected chi connectivity index (χ3v) is 5.06. The van der Waals surface area contributed by atoms with E-state index >= 15 is 0 Å². The Morgan fingerprint density at radius 2 is 1.82 bits per heavy atom. The summed E-state index contributed by atoms with van der Waals surface area (Å²) in [4.78, 5) is 0. The van der Waals surface area contributed by atoms with Crippen molar-refractivity contribution in [2.24, 2.45) is 5.73 Å². The lowest BCUT2D eigenvalue weighted by molar-refractivity contribution is 0.515. The molecule has 0 bridgehead atoms. The van der Waals surface area contributed by atoms with E-state index in [0.717, 1.165) is 11.0 Å². The Hall–Kier alpha value is -0.470. The fourth-order valence-corrected chi connectivity index (χ4v) is 3.72. The van der Waals surface area contributed by atoms with Crippen molar-refractivity contribution in [3.8, 4) is 0 Å². The standard InChI is InChI=1S/C15H23NS/c1-12-7-9-13(10-8-12)15(16)11-17-14-5-3-2-4-6-14/h7-10,14-15H,2-6,11,16H2,1H3. The van der Waals surface area contributed by atoms with Crippen molar-refractivity contribution in [3.63, 3.8) is 0 Å². The van der Waals surface area contributed by atoms with Crippen molar-refractivity contribution in [2.75, 3.05) is 5.75 Å². The van der Waals surface area contributed by atoms with Crippen LogP contribution < -0.4 is 5.73 Å². The van der Waals surface area contributed by atoms with Gasteiger partial charge in [-0.15, -0.1) is 0 Å². The summed E-state index contributed by atoms with van der Waals surface area (Å²) in [5, 5.41) is 0.861. The van der Waals surface area contributed by atoms with Gasteiger partial charge in [-0.1, -0.05) is 49.1 Å². The summed E-state index contributed by atoms with van der Waals surface area (Å²) >= 11 is 2.08. The predicted octanol–water partition coefficient (Wildman–Crippen LogP) is 4.06. The second-order valence-electron chi connectivity index (χ2n) is 5.11. The number of nitrogens with two attached hydrogens (primary N) is 1. The molecule has 94 valence electrons. The van der Waals surface area contributed by atoms with Crippen LogP contribution in [0.5, 0.6) is 0 Å². The molecule has 1 fully saturated rings. The Bertz CT molecular complexity index is 327. The lowest BCUT2D eigenvalue weighted by Crippen LogP contribution is -2.16. The number of benzene rings is 1. The lowest BCUT2D eigenvalue weighted by Gasteiger charge is -2.22. The molecule has 1 aromatic carbocycles. The maximum absolute atomic E-state index is 6.24. The zero-order valence-electron chi connectivity index (χ0n) is 10.7. The monoisotopic (exact) mass is 249 g/mol. The minimum absolute atomic E-state index is 0.197. The van der Waals surface area contributed by atoms with Gasteiger partial charge in [0.1, 0.15) is 0 Å².